The van der Waals surface area contributed by atoms with Crippen molar-refractivity contribution in [2.75, 3.05) is 47.4 Å². The molecule has 2 heterocycles. The maximum Gasteiger partial charge on any atom is 0.310 e. The first-order chi connectivity index (χ1) is 12.0. The van der Waals surface area contributed by atoms with Gasteiger partial charge < -0.3 is 19.9 Å². The predicted molar refractivity (Wildman–Crippen MR) is 118 cm³/mol. The topological polar surface area (TPSA) is 57.2 Å². The minimum atomic E-state index is -0.129. The molecule has 3 atom stereocenters. The second-order valence-corrected chi connectivity index (χ2v) is 7.68. The molecule has 1 aliphatic rings. The van der Waals surface area contributed by atoms with E-state index in [0.717, 1.165) is 19.0 Å². The van der Waals surface area contributed by atoms with Crippen molar-refractivity contribution in [3.05, 3.63) is 22.4 Å². The van der Waals surface area contributed by atoms with Crippen molar-refractivity contribution in [1.82, 2.24) is 15.1 Å². The number of rotatable bonds is 6. The lowest BCUT2D eigenvalue weighted by Gasteiger charge is -2.25. The van der Waals surface area contributed by atoms with Crippen LogP contribution in [0.4, 0.5) is 0 Å². The highest BCUT2D eigenvalue weighted by atomic mass is 127. The fourth-order valence-electron chi connectivity index (χ4n) is 3.19. The Balaban J connectivity index is 0.00000338. The molecule has 8 heteroatoms. The first-order valence-electron chi connectivity index (χ1n) is 8.78. The molecule has 1 N–H and O–H groups in total. The van der Waals surface area contributed by atoms with Gasteiger partial charge in [-0.2, -0.15) is 0 Å². The molecule has 26 heavy (non-hydrogen) atoms. The van der Waals surface area contributed by atoms with E-state index in [1.165, 1.54) is 12.0 Å². The average molecular weight is 494 g/mol. The average Bonchev–Trinajstić information content (AvgIpc) is 3.23. The second kappa shape index (κ2) is 11.1. The Kier molecular flexibility index (Phi) is 9.88. The Morgan fingerprint density at radius 2 is 2.23 bits per heavy atom. The Bertz CT molecular complexity index is 580. The van der Waals surface area contributed by atoms with E-state index in [9.17, 15) is 4.79 Å². The van der Waals surface area contributed by atoms with Crippen LogP contribution in [0.3, 0.4) is 0 Å². The molecule has 0 radical (unpaired) electrons. The normalized spacial score (nSPS) is 21.5. The van der Waals surface area contributed by atoms with Crippen molar-refractivity contribution >= 4 is 47.2 Å². The van der Waals surface area contributed by atoms with Crippen LogP contribution in [0.15, 0.2) is 22.5 Å². The zero-order valence-electron chi connectivity index (χ0n) is 16.3. The first-order valence-corrected chi connectivity index (χ1v) is 9.66. The van der Waals surface area contributed by atoms with Crippen molar-refractivity contribution in [2.45, 2.75) is 19.9 Å². The molecular weight excluding hydrogens is 463 g/mol. The highest BCUT2D eigenvalue weighted by molar-refractivity contribution is 14.0. The van der Waals surface area contributed by atoms with E-state index in [2.05, 4.69) is 60.6 Å². The number of nitrogens with zero attached hydrogens (tertiary/aromatic N) is 3. The number of nitrogens with one attached hydrogen (secondary N) is 1. The third kappa shape index (κ3) is 5.82. The van der Waals surface area contributed by atoms with Crippen LogP contribution in [0.2, 0.25) is 0 Å². The zero-order valence-corrected chi connectivity index (χ0v) is 19.4. The number of likely N-dealkylation sites (N-methyl/N-ethyl adjacent to an activating group) is 1. The molecule has 6 nitrogen and oxygen atoms in total. The third-order valence-electron chi connectivity index (χ3n) is 4.66. The van der Waals surface area contributed by atoms with Crippen LogP contribution in [-0.2, 0) is 9.53 Å². The summed E-state index contributed by atoms with van der Waals surface area (Å²) in [7, 11) is 5.62. The molecule has 0 aliphatic carbocycles. The number of carbonyl (C=O) groups excluding carboxylic acids is 1. The molecule has 0 bridgehead atoms. The molecule has 3 unspecified atom stereocenters. The van der Waals surface area contributed by atoms with Crippen molar-refractivity contribution in [1.29, 1.82) is 0 Å². The van der Waals surface area contributed by atoms with Gasteiger partial charge in [0.25, 0.3) is 0 Å². The molecule has 0 amide bonds. The van der Waals surface area contributed by atoms with Gasteiger partial charge >= 0.3 is 5.97 Å². The van der Waals surface area contributed by atoms with Gasteiger partial charge in [0.15, 0.2) is 5.96 Å². The number of carbonyl (C=O) groups is 1. The summed E-state index contributed by atoms with van der Waals surface area (Å²) >= 11 is 1.76. The number of ether oxygens (including phenoxy) is 1. The van der Waals surface area contributed by atoms with Gasteiger partial charge in [0.1, 0.15) is 0 Å². The summed E-state index contributed by atoms with van der Waals surface area (Å²) in [5, 5.41) is 5.47. The largest absolute Gasteiger partial charge is 0.469 e. The summed E-state index contributed by atoms with van der Waals surface area (Å²) in [4.78, 5) is 22.5. The van der Waals surface area contributed by atoms with Crippen LogP contribution < -0.4 is 5.32 Å². The van der Waals surface area contributed by atoms with Gasteiger partial charge in [-0.25, -0.2) is 0 Å². The molecule has 1 aromatic rings. The SMILES string of the molecule is CCNC(=NCC(c1cccs1)N(C)C)N1CC(C)C(C(=O)OC)C1.I. The van der Waals surface area contributed by atoms with Crippen molar-refractivity contribution < 1.29 is 9.53 Å². The lowest BCUT2D eigenvalue weighted by molar-refractivity contribution is -0.145. The van der Waals surface area contributed by atoms with E-state index < -0.39 is 0 Å². The summed E-state index contributed by atoms with van der Waals surface area (Å²) in [6, 6.07) is 4.49. The molecule has 1 aromatic heterocycles. The van der Waals surface area contributed by atoms with Gasteiger partial charge in [0.2, 0.25) is 0 Å². The number of halogens is 1. The Hall–Kier alpha value is -0.870. The Morgan fingerprint density at radius 3 is 2.77 bits per heavy atom. The van der Waals surface area contributed by atoms with E-state index in [1.807, 2.05) is 0 Å². The van der Waals surface area contributed by atoms with Gasteiger partial charge in [0, 0.05) is 24.5 Å². The molecule has 0 spiro atoms. The number of hydrogen-bond donors (Lipinski definition) is 1. The number of methoxy groups -OCH3 is 1. The van der Waals surface area contributed by atoms with E-state index >= 15 is 0 Å². The minimum absolute atomic E-state index is 0. The molecular formula is C18H31IN4O2S. The fourth-order valence-corrected chi connectivity index (χ4v) is 4.10. The van der Waals surface area contributed by atoms with Crippen LogP contribution in [0, 0.1) is 11.8 Å². The van der Waals surface area contributed by atoms with Crippen LogP contribution in [0.5, 0.6) is 0 Å². The monoisotopic (exact) mass is 494 g/mol. The van der Waals surface area contributed by atoms with Gasteiger partial charge in [-0.3, -0.25) is 9.79 Å². The maximum atomic E-state index is 11.9. The smallest absolute Gasteiger partial charge is 0.310 e. The number of hydrogen-bond acceptors (Lipinski definition) is 5. The van der Waals surface area contributed by atoms with Crippen LogP contribution >= 0.6 is 35.3 Å². The molecule has 148 valence electrons. The van der Waals surface area contributed by atoms with Crippen LogP contribution in [0.1, 0.15) is 24.8 Å². The molecule has 0 saturated carbocycles. The molecule has 0 aromatic carbocycles. The maximum absolute atomic E-state index is 11.9. The Labute approximate surface area is 178 Å². The highest BCUT2D eigenvalue weighted by Gasteiger charge is 2.37. The zero-order chi connectivity index (χ0) is 18.4. The van der Waals surface area contributed by atoms with Crippen molar-refractivity contribution in [3.8, 4) is 0 Å². The highest BCUT2D eigenvalue weighted by Crippen LogP contribution is 2.26. The standard InChI is InChI=1S/C18H30N4O2S.HI/c1-6-19-18(22-11-13(2)14(12-22)17(23)24-5)20-10-15(21(3)4)16-8-7-9-25-16;/h7-9,13-15H,6,10-12H2,1-5H3,(H,19,20);1H. The number of thiophene rings is 1. The summed E-state index contributed by atoms with van der Waals surface area (Å²) in [6.07, 6.45) is 0. The predicted octanol–water partition coefficient (Wildman–Crippen LogP) is 2.68. The number of guanidine groups is 1. The molecule has 1 aliphatic heterocycles. The Morgan fingerprint density at radius 1 is 1.50 bits per heavy atom. The summed E-state index contributed by atoms with van der Waals surface area (Å²) in [5.74, 6) is 0.925. The lowest BCUT2D eigenvalue weighted by Crippen LogP contribution is -2.41. The van der Waals surface area contributed by atoms with Crippen molar-refractivity contribution in [3.63, 3.8) is 0 Å². The summed E-state index contributed by atoms with van der Waals surface area (Å²) < 4.78 is 4.94. The van der Waals surface area contributed by atoms with Crippen LogP contribution in [-0.4, -0.2) is 69.1 Å². The number of likely N-dealkylation sites (tertiary alicyclic amines) is 1. The van der Waals surface area contributed by atoms with Crippen LogP contribution in [0.25, 0.3) is 0 Å². The number of esters is 1. The minimum Gasteiger partial charge on any atom is -0.469 e. The van der Waals surface area contributed by atoms with E-state index in [0.29, 0.717) is 13.1 Å². The van der Waals surface area contributed by atoms with Gasteiger partial charge in [0.05, 0.1) is 25.6 Å². The molecule has 1 saturated heterocycles. The number of aliphatic imine (C=N–C) groups is 1. The fraction of sp³-hybridized carbons (Fsp3) is 0.667. The first kappa shape index (κ1) is 23.2. The summed E-state index contributed by atoms with van der Waals surface area (Å²) in [5.41, 5.74) is 0. The van der Waals surface area contributed by atoms with E-state index in [-0.39, 0.29) is 47.8 Å². The van der Waals surface area contributed by atoms with Crippen molar-refractivity contribution in [2.24, 2.45) is 16.8 Å². The third-order valence-corrected chi connectivity index (χ3v) is 5.63. The van der Waals surface area contributed by atoms with Gasteiger partial charge in [-0.1, -0.05) is 13.0 Å². The van der Waals surface area contributed by atoms with E-state index in [1.54, 1.807) is 11.3 Å². The van der Waals surface area contributed by atoms with Gasteiger partial charge in [-0.05, 0) is 38.4 Å². The summed E-state index contributed by atoms with van der Waals surface area (Å²) in [6.45, 7) is 7.12. The molecule has 1 fully saturated rings. The second-order valence-electron chi connectivity index (χ2n) is 6.70. The van der Waals surface area contributed by atoms with Gasteiger partial charge in [-0.15, -0.1) is 35.3 Å². The molecule has 2 rings (SSSR count). The van der Waals surface area contributed by atoms with E-state index in [4.69, 9.17) is 9.73 Å². The quantitative estimate of drug-likeness (QED) is 0.285. The lowest BCUT2D eigenvalue weighted by atomic mass is 9.99.